The minimum atomic E-state index is -4.92. The molecule has 4 nitrogen and oxygen atoms in total. The molecule has 9 heteroatoms. The zero-order chi connectivity index (χ0) is 12.2. The summed E-state index contributed by atoms with van der Waals surface area (Å²) in [7, 11) is -4.92. The van der Waals surface area contributed by atoms with E-state index in [1.165, 1.54) is 0 Å². The fourth-order valence-electron chi connectivity index (χ4n) is 1.21. The molecule has 0 saturated heterocycles. The van der Waals surface area contributed by atoms with Gasteiger partial charge >= 0.3 is 16.1 Å². The van der Waals surface area contributed by atoms with Gasteiger partial charge in [0.25, 0.3) is 0 Å². The molecule has 1 aliphatic heterocycles. The van der Waals surface area contributed by atoms with Gasteiger partial charge in [0.1, 0.15) is 5.56 Å². The average molecular weight is 256 g/mol. The van der Waals surface area contributed by atoms with Crippen molar-refractivity contribution in [3.05, 3.63) is 28.8 Å². The van der Waals surface area contributed by atoms with E-state index in [4.69, 9.17) is 0 Å². The van der Waals surface area contributed by atoms with Crippen molar-refractivity contribution < 1.29 is 35.0 Å². The Labute approximate surface area is 85.6 Å². The number of hydrogen-bond donors (Lipinski definition) is 0. The summed E-state index contributed by atoms with van der Waals surface area (Å²) in [6.07, 6.45) is 0. The van der Waals surface area contributed by atoms with Crippen LogP contribution in [0.2, 0.25) is 0 Å². The lowest BCUT2D eigenvalue weighted by molar-refractivity contribution is 0.0757. The Morgan fingerprint density at radius 1 is 0.875 bits per heavy atom. The molecule has 1 aliphatic rings. The second-order valence-corrected chi connectivity index (χ2v) is 4.27. The quantitative estimate of drug-likeness (QED) is 0.302. The van der Waals surface area contributed by atoms with Crippen molar-refractivity contribution >= 4 is 16.1 Å². The number of rotatable bonds is 0. The summed E-state index contributed by atoms with van der Waals surface area (Å²) >= 11 is 0. The fraction of sp³-hybridized carbons (Fsp3) is 0. The maximum atomic E-state index is 13.0. The molecule has 16 heavy (non-hydrogen) atoms. The standard InChI is InChI=1S/C7F4O4S/c8-2-1-6(5(11)4(10)3(2)9)16(13,14)15-7(1)12. The van der Waals surface area contributed by atoms with Crippen molar-refractivity contribution in [1.82, 2.24) is 0 Å². The van der Waals surface area contributed by atoms with Crippen LogP contribution in [0.3, 0.4) is 0 Å². The van der Waals surface area contributed by atoms with E-state index in [-0.39, 0.29) is 0 Å². The van der Waals surface area contributed by atoms with Crippen LogP contribution in [0.4, 0.5) is 17.6 Å². The van der Waals surface area contributed by atoms with Crippen LogP contribution in [-0.4, -0.2) is 14.4 Å². The van der Waals surface area contributed by atoms with Crippen LogP contribution in [0.5, 0.6) is 0 Å². The smallest absolute Gasteiger partial charge is 0.337 e. The molecule has 1 aromatic rings. The second kappa shape index (κ2) is 2.94. The number of carbonyl (C=O) groups is 1. The molecule has 0 atom stereocenters. The van der Waals surface area contributed by atoms with Crippen molar-refractivity contribution in [2.75, 3.05) is 0 Å². The lowest BCUT2D eigenvalue weighted by atomic mass is 10.2. The third-order valence-corrected chi connectivity index (χ3v) is 3.12. The van der Waals surface area contributed by atoms with E-state index in [1.54, 1.807) is 0 Å². The van der Waals surface area contributed by atoms with Crippen LogP contribution in [0.1, 0.15) is 10.4 Å². The average Bonchev–Trinajstić information content (AvgIpc) is 2.42. The Kier molecular flexibility index (Phi) is 1.99. The molecule has 0 N–H and O–H groups in total. The van der Waals surface area contributed by atoms with Crippen molar-refractivity contribution in [3.63, 3.8) is 0 Å². The molecule has 2 rings (SSSR count). The summed E-state index contributed by atoms with van der Waals surface area (Å²) in [5.41, 5.74) is -1.46. The van der Waals surface area contributed by atoms with Gasteiger partial charge in [0.15, 0.2) is 28.2 Å². The van der Waals surface area contributed by atoms with Crippen molar-refractivity contribution in [2.45, 2.75) is 4.90 Å². The summed E-state index contributed by atoms with van der Waals surface area (Å²) in [6, 6.07) is 0. The third-order valence-electron chi connectivity index (χ3n) is 1.86. The summed E-state index contributed by atoms with van der Waals surface area (Å²) in [6.45, 7) is 0. The van der Waals surface area contributed by atoms with Gasteiger partial charge < -0.3 is 4.18 Å². The number of halogens is 4. The first-order chi connectivity index (χ1) is 7.27. The molecule has 86 valence electrons. The monoisotopic (exact) mass is 256 g/mol. The van der Waals surface area contributed by atoms with Gasteiger partial charge in [-0.05, 0) is 0 Å². The molecule has 0 unspecified atom stereocenters. The summed E-state index contributed by atoms with van der Waals surface area (Å²) in [5.74, 6) is -10.7. The van der Waals surface area contributed by atoms with Gasteiger partial charge in [0, 0.05) is 0 Å². The highest BCUT2D eigenvalue weighted by Gasteiger charge is 2.44. The van der Waals surface area contributed by atoms with Gasteiger partial charge in [-0.2, -0.15) is 8.42 Å². The van der Waals surface area contributed by atoms with Crippen LogP contribution in [0.15, 0.2) is 4.90 Å². The van der Waals surface area contributed by atoms with Crippen LogP contribution in [-0.2, 0) is 14.3 Å². The zero-order valence-electron chi connectivity index (χ0n) is 7.05. The summed E-state index contributed by atoms with van der Waals surface area (Å²) < 4.78 is 76.9. The molecule has 1 aromatic carbocycles. The van der Waals surface area contributed by atoms with Gasteiger partial charge in [-0.25, -0.2) is 22.4 Å². The van der Waals surface area contributed by atoms with E-state index in [0.29, 0.717) is 0 Å². The third kappa shape index (κ3) is 1.14. The van der Waals surface area contributed by atoms with Gasteiger partial charge in [0.05, 0.1) is 0 Å². The number of hydrogen-bond acceptors (Lipinski definition) is 4. The molecule has 0 bridgehead atoms. The van der Waals surface area contributed by atoms with E-state index >= 15 is 0 Å². The molecular formula is C7F4O4S. The molecule has 0 amide bonds. The highest BCUT2D eigenvalue weighted by molar-refractivity contribution is 7.87. The predicted molar refractivity (Wildman–Crippen MR) is 38.9 cm³/mol. The maximum absolute atomic E-state index is 13.0. The number of carbonyl (C=O) groups excluding carboxylic acids is 1. The Morgan fingerprint density at radius 2 is 1.38 bits per heavy atom. The van der Waals surface area contributed by atoms with Gasteiger partial charge in [-0.1, -0.05) is 0 Å². The van der Waals surface area contributed by atoms with Gasteiger partial charge in [0.2, 0.25) is 0 Å². The van der Waals surface area contributed by atoms with E-state index in [0.717, 1.165) is 0 Å². The number of benzene rings is 1. The highest BCUT2D eigenvalue weighted by Crippen LogP contribution is 2.34. The highest BCUT2D eigenvalue weighted by atomic mass is 32.2. The first-order valence-corrected chi connectivity index (χ1v) is 5.03. The maximum Gasteiger partial charge on any atom is 0.358 e. The van der Waals surface area contributed by atoms with E-state index in [1.807, 2.05) is 0 Å². The molecule has 0 radical (unpaired) electrons. The molecule has 0 saturated carbocycles. The molecule has 0 aromatic heterocycles. The summed E-state index contributed by atoms with van der Waals surface area (Å²) in [4.78, 5) is 9.20. The largest absolute Gasteiger partial charge is 0.358 e. The van der Waals surface area contributed by atoms with Crippen LogP contribution >= 0.6 is 0 Å². The SMILES string of the molecule is O=C1OS(=O)(=O)c2c(F)c(F)c(F)c(F)c21. The fourth-order valence-corrected chi connectivity index (χ4v) is 2.31. The molecular weight excluding hydrogens is 256 g/mol. The van der Waals surface area contributed by atoms with E-state index in [9.17, 15) is 30.8 Å². The van der Waals surface area contributed by atoms with Crippen LogP contribution < -0.4 is 0 Å². The van der Waals surface area contributed by atoms with Gasteiger partial charge in [-0.15, -0.1) is 0 Å². The van der Waals surface area contributed by atoms with Crippen LogP contribution in [0, 0.1) is 23.3 Å². The normalized spacial score (nSPS) is 17.1. The first kappa shape index (κ1) is 10.9. The lowest BCUT2D eigenvalue weighted by Crippen LogP contribution is -2.07. The van der Waals surface area contributed by atoms with Crippen LogP contribution in [0.25, 0.3) is 0 Å². The molecule has 0 spiro atoms. The Balaban J connectivity index is 3.03. The van der Waals surface area contributed by atoms with Crippen molar-refractivity contribution in [1.29, 1.82) is 0 Å². The topological polar surface area (TPSA) is 60.4 Å². The van der Waals surface area contributed by atoms with Crippen molar-refractivity contribution in [3.8, 4) is 0 Å². The van der Waals surface area contributed by atoms with Gasteiger partial charge in [-0.3, -0.25) is 0 Å². The minimum absolute atomic E-state index is 1.46. The van der Waals surface area contributed by atoms with E-state index in [2.05, 4.69) is 4.18 Å². The lowest BCUT2D eigenvalue weighted by Gasteiger charge is -2.00. The summed E-state index contributed by atoms with van der Waals surface area (Å²) in [5, 5.41) is 0. The Bertz CT molecular complexity index is 622. The number of fused-ring (bicyclic) bond motifs is 1. The molecule has 0 fully saturated rings. The Morgan fingerprint density at radius 3 is 1.94 bits per heavy atom. The zero-order valence-corrected chi connectivity index (χ0v) is 7.87. The molecule has 1 heterocycles. The van der Waals surface area contributed by atoms with E-state index < -0.39 is 49.8 Å². The second-order valence-electron chi connectivity index (χ2n) is 2.78. The van der Waals surface area contributed by atoms with Crippen molar-refractivity contribution in [2.24, 2.45) is 0 Å². The predicted octanol–water partition coefficient (Wildman–Crippen LogP) is 1.10. The minimum Gasteiger partial charge on any atom is -0.337 e. The first-order valence-electron chi connectivity index (χ1n) is 3.62. The molecule has 0 aliphatic carbocycles. The Hall–Kier alpha value is -1.64.